The molecule has 0 saturated carbocycles. The third-order valence-corrected chi connectivity index (χ3v) is 4.44. The number of likely N-dealkylation sites (tertiary alicyclic amines) is 1. The molecule has 0 aliphatic carbocycles. The number of aromatic nitrogens is 1. The van der Waals surface area contributed by atoms with Crippen LogP contribution in [-0.2, 0) is 4.74 Å². The summed E-state index contributed by atoms with van der Waals surface area (Å²) < 4.78 is 5.23. The van der Waals surface area contributed by atoms with E-state index in [9.17, 15) is 14.9 Å². The smallest absolute Gasteiger partial charge is 0.410 e. The highest BCUT2D eigenvalue weighted by Gasteiger charge is 2.25. The summed E-state index contributed by atoms with van der Waals surface area (Å²) in [6, 6.07) is 5.21. The second-order valence-electron chi connectivity index (χ2n) is 6.65. The molecule has 2 aromatic rings. The number of rotatable bonds is 4. The molecule has 0 spiro atoms. The Morgan fingerprint density at radius 3 is 2.69 bits per heavy atom. The average Bonchev–Trinajstić information content (AvgIpc) is 2.61. The Kier molecular flexibility index (Phi) is 5.20. The second kappa shape index (κ2) is 7.55. The lowest BCUT2D eigenvalue weighted by molar-refractivity contribution is -0.383. The number of carbonyl (C=O) groups is 1. The molecule has 1 fully saturated rings. The molecule has 2 heterocycles. The number of ether oxygens (including phenoxy) is 1. The molecule has 138 valence electrons. The topological polar surface area (TPSA) is 97.6 Å². The van der Waals surface area contributed by atoms with Crippen molar-refractivity contribution in [3.05, 3.63) is 40.7 Å². The zero-order chi connectivity index (χ0) is 18.7. The van der Waals surface area contributed by atoms with Crippen LogP contribution in [0.15, 0.2) is 30.6 Å². The van der Waals surface area contributed by atoms with Crippen molar-refractivity contribution < 1.29 is 14.5 Å². The lowest BCUT2D eigenvalue weighted by atomic mass is 10.0. The van der Waals surface area contributed by atoms with E-state index < -0.39 is 4.92 Å². The average molecular weight is 358 g/mol. The number of pyridine rings is 1. The van der Waals surface area contributed by atoms with Crippen LogP contribution in [0.4, 0.5) is 16.2 Å². The Hall–Kier alpha value is -2.90. The maximum absolute atomic E-state index is 12.0. The van der Waals surface area contributed by atoms with Crippen molar-refractivity contribution in [2.75, 3.05) is 18.4 Å². The highest BCUT2D eigenvalue weighted by molar-refractivity contribution is 5.99. The summed E-state index contributed by atoms with van der Waals surface area (Å²) in [7, 11) is 0. The number of nitro benzene ring substituents is 1. The molecule has 1 aliphatic rings. The summed E-state index contributed by atoms with van der Waals surface area (Å²) in [5.41, 5.74) is 0.890. The normalized spacial score (nSPS) is 15.3. The fourth-order valence-electron chi connectivity index (χ4n) is 3.16. The van der Waals surface area contributed by atoms with Gasteiger partial charge in [0.15, 0.2) is 0 Å². The number of benzene rings is 1. The van der Waals surface area contributed by atoms with Gasteiger partial charge in [0, 0.05) is 48.7 Å². The molecule has 1 N–H and O–H groups in total. The molecule has 8 nitrogen and oxygen atoms in total. The van der Waals surface area contributed by atoms with Gasteiger partial charge in [-0.05, 0) is 38.8 Å². The highest BCUT2D eigenvalue weighted by atomic mass is 16.6. The molecular weight excluding hydrogens is 336 g/mol. The van der Waals surface area contributed by atoms with E-state index in [1.807, 2.05) is 13.8 Å². The van der Waals surface area contributed by atoms with E-state index in [0.29, 0.717) is 18.5 Å². The number of amides is 1. The van der Waals surface area contributed by atoms with Crippen molar-refractivity contribution >= 4 is 28.2 Å². The molecule has 0 atom stereocenters. The van der Waals surface area contributed by atoms with Crippen LogP contribution in [0.1, 0.15) is 26.7 Å². The lowest BCUT2D eigenvalue weighted by Crippen LogP contribution is -2.43. The Balaban J connectivity index is 1.70. The van der Waals surface area contributed by atoms with Crippen molar-refractivity contribution in [2.24, 2.45) is 0 Å². The minimum atomic E-state index is -0.396. The molecule has 1 saturated heterocycles. The van der Waals surface area contributed by atoms with E-state index in [-0.39, 0.29) is 23.9 Å². The Bertz CT molecular complexity index is 816. The van der Waals surface area contributed by atoms with Crippen LogP contribution in [0.3, 0.4) is 0 Å². The van der Waals surface area contributed by atoms with E-state index in [1.165, 1.54) is 12.3 Å². The molecule has 1 aromatic carbocycles. The van der Waals surface area contributed by atoms with E-state index >= 15 is 0 Å². The van der Waals surface area contributed by atoms with Crippen molar-refractivity contribution in [1.29, 1.82) is 0 Å². The van der Waals surface area contributed by atoms with E-state index in [0.717, 1.165) is 23.9 Å². The fourth-order valence-corrected chi connectivity index (χ4v) is 3.16. The van der Waals surface area contributed by atoms with Crippen LogP contribution in [0.25, 0.3) is 10.8 Å². The van der Waals surface area contributed by atoms with Crippen molar-refractivity contribution in [2.45, 2.75) is 38.8 Å². The SMILES string of the molecule is CC(C)OC(=O)N1CCC(Nc2ccc([N+](=O)[O-])c3cnccc23)CC1. The second-order valence-corrected chi connectivity index (χ2v) is 6.65. The van der Waals surface area contributed by atoms with Crippen LogP contribution >= 0.6 is 0 Å². The summed E-state index contributed by atoms with van der Waals surface area (Å²) in [4.78, 5) is 28.5. The quantitative estimate of drug-likeness (QED) is 0.663. The van der Waals surface area contributed by atoms with Crippen molar-refractivity contribution in [3.63, 3.8) is 0 Å². The molecule has 26 heavy (non-hydrogen) atoms. The van der Waals surface area contributed by atoms with Gasteiger partial charge in [-0.2, -0.15) is 0 Å². The predicted molar refractivity (Wildman–Crippen MR) is 98.2 cm³/mol. The monoisotopic (exact) mass is 358 g/mol. The molecule has 1 aromatic heterocycles. The largest absolute Gasteiger partial charge is 0.447 e. The summed E-state index contributed by atoms with van der Waals surface area (Å²) in [6.45, 7) is 4.91. The molecule has 0 radical (unpaired) electrons. The maximum Gasteiger partial charge on any atom is 0.410 e. The molecule has 0 unspecified atom stereocenters. The summed E-state index contributed by atoms with van der Waals surface area (Å²) in [5, 5.41) is 15.9. The van der Waals surface area contributed by atoms with Crippen LogP contribution in [0, 0.1) is 10.1 Å². The third-order valence-electron chi connectivity index (χ3n) is 4.44. The van der Waals surface area contributed by atoms with Gasteiger partial charge in [-0.3, -0.25) is 15.1 Å². The van der Waals surface area contributed by atoms with Crippen LogP contribution in [0.5, 0.6) is 0 Å². The Labute approximate surface area is 151 Å². The summed E-state index contributed by atoms with van der Waals surface area (Å²) in [6.07, 6.45) is 4.32. The van der Waals surface area contributed by atoms with Gasteiger partial charge >= 0.3 is 6.09 Å². The number of piperidine rings is 1. The van der Waals surface area contributed by atoms with Gasteiger partial charge in [0.25, 0.3) is 5.69 Å². The zero-order valence-corrected chi connectivity index (χ0v) is 14.8. The molecule has 1 aliphatic heterocycles. The maximum atomic E-state index is 12.0. The number of anilines is 1. The van der Waals surface area contributed by atoms with E-state index in [1.54, 1.807) is 23.2 Å². The summed E-state index contributed by atoms with van der Waals surface area (Å²) in [5.74, 6) is 0. The molecule has 3 rings (SSSR count). The first-order valence-electron chi connectivity index (χ1n) is 8.69. The number of carbonyl (C=O) groups excluding carboxylic acids is 1. The zero-order valence-electron chi connectivity index (χ0n) is 14.8. The first kappa shape index (κ1) is 17.9. The molecule has 1 amide bonds. The number of non-ortho nitro benzene ring substituents is 1. The van der Waals surface area contributed by atoms with Gasteiger partial charge in [0.1, 0.15) is 0 Å². The minimum absolute atomic E-state index is 0.0462. The van der Waals surface area contributed by atoms with Gasteiger partial charge in [-0.15, -0.1) is 0 Å². The van der Waals surface area contributed by atoms with Gasteiger partial charge in [0.2, 0.25) is 0 Å². The van der Waals surface area contributed by atoms with E-state index in [2.05, 4.69) is 10.3 Å². The third kappa shape index (κ3) is 3.84. The predicted octanol–water partition coefficient (Wildman–Crippen LogP) is 3.56. The fraction of sp³-hybridized carbons (Fsp3) is 0.444. The van der Waals surface area contributed by atoms with Gasteiger partial charge in [-0.25, -0.2) is 4.79 Å². The van der Waals surface area contributed by atoms with Crippen LogP contribution < -0.4 is 5.32 Å². The standard InChI is InChI=1S/C18H22N4O4/c1-12(2)26-18(23)21-9-6-13(7-10-21)20-16-3-4-17(22(24)25)15-11-19-8-5-14(15)16/h3-5,8,11-13,20H,6-7,9-10H2,1-2H3. The number of hydrogen-bond donors (Lipinski definition) is 1. The van der Waals surface area contributed by atoms with Crippen molar-refractivity contribution in [1.82, 2.24) is 9.88 Å². The lowest BCUT2D eigenvalue weighted by Gasteiger charge is -2.32. The number of nitro groups is 1. The van der Waals surface area contributed by atoms with Crippen LogP contribution in [-0.4, -0.2) is 46.1 Å². The Morgan fingerprint density at radius 1 is 1.31 bits per heavy atom. The van der Waals surface area contributed by atoms with Crippen LogP contribution in [0.2, 0.25) is 0 Å². The molecular formula is C18H22N4O4. The number of hydrogen-bond acceptors (Lipinski definition) is 6. The van der Waals surface area contributed by atoms with Gasteiger partial charge in [0.05, 0.1) is 16.4 Å². The first-order valence-corrected chi connectivity index (χ1v) is 8.69. The van der Waals surface area contributed by atoms with Gasteiger partial charge in [-0.1, -0.05) is 0 Å². The Morgan fingerprint density at radius 2 is 2.04 bits per heavy atom. The number of fused-ring (bicyclic) bond motifs is 1. The molecule has 8 heteroatoms. The highest BCUT2D eigenvalue weighted by Crippen LogP contribution is 2.31. The van der Waals surface area contributed by atoms with Crippen molar-refractivity contribution in [3.8, 4) is 0 Å². The number of nitrogens with one attached hydrogen (secondary N) is 1. The first-order chi connectivity index (χ1) is 12.5. The minimum Gasteiger partial charge on any atom is -0.447 e. The molecule has 0 bridgehead atoms. The van der Waals surface area contributed by atoms with Gasteiger partial charge < -0.3 is 15.0 Å². The summed E-state index contributed by atoms with van der Waals surface area (Å²) >= 11 is 0. The number of nitrogens with zero attached hydrogens (tertiary/aromatic N) is 3. The van der Waals surface area contributed by atoms with E-state index in [4.69, 9.17) is 4.74 Å².